The van der Waals surface area contributed by atoms with Crippen LogP contribution in [0.2, 0.25) is 0 Å². The maximum atomic E-state index is 2.52. The van der Waals surface area contributed by atoms with Gasteiger partial charge in [0.1, 0.15) is 0 Å². The minimum absolute atomic E-state index is 0.550. The highest BCUT2D eigenvalue weighted by atomic mass is 14.6. The highest BCUT2D eigenvalue weighted by Gasteiger charge is 2.53. The lowest BCUT2D eigenvalue weighted by molar-refractivity contribution is -0.0509. The lowest BCUT2D eigenvalue weighted by Crippen LogP contribution is -2.47. The van der Waals surface area contributed by atoms with Gasteiger partial charge in [-0.1, -0.05) is 41.5 Å². The highest BCUT2D eigenvalue weighted by molar-refractivity contribution is 5.02. The Morgan fingerprint density at radius 1 is 0.933 bits per heavy atom. The highest BCUT2D eigenvalue weighted by Crippen LogP contribution is 2.61. The van der Waals surface area contributed by atoms with Crippen molar-refractivity contribution in [1.29, 1.82) is 0 Å². The monoisotopic (exact) mass is 208 g/mol. The van der Waals surface area contributed by atoms with Crippen LogP contribution in [0.4, 0.5) is 0 Å². The van der Waals surface area contributed by atoms with Crippen LogP contribution in [0.3, 0.4) is 0 Å². The lowest BCUT2D eigenvalue weighted by Gasteiger charge is -2.54. The zero-order valence-corrected chi connectivity index (χ0v) is 11.4. The van der Waals surface area contributed by atoms with Gasteiger partial charge in [-0.05, 0) is 53.8 Å². The van der Waals surface area contributed by atoms with Gasteiger partial charge >= 0.3 is 0 Å². The SMILES string of the molecule is CC1CC2CC(C)(C)C(C)C(C)(C)C2C1. The van der Waals surface area contributed by atoms with Crippen molar-refractivity contribution in [3.63, 3.8) is 0 Å². The molecule has 0 saturated heterocycles. The van der Waals surface area contributed by atoms with E-state index in [9.17, 15) is 0 Å². The summed E-state index contributed by atoms with van der Waals surface area (Å²) in [5, 5.41) is 0. The number of rotatable bonds is 0. The molecule has 0 nitrogen and oxygen atoms in total. The molecule has 2 aliphatic carbocycles. The minimum atomic E-state index is 0.550. The molecule has 0 aliphatic heterocycles. The number of fused-ring (bicyclic) bond motifs is 1. The first-order valence-corrected chi connectivity index (χ1v) is 6.75. The quantitative estimate of drug-likeness (QED) is 0.539. The Kier molecular flexibility index (Phi) is 2.48. The summed E-state index contributed by atoms with van der Waals surface area (Å²) in [7, 11) is 0. The second kappa shape index (κ2) is 3.25. The molecule has 2 aliphatic rings. The Hall–Kier alpha value is 0. The Morgan fingerprint density at radius 2 is 1.53 bits per heavy atom. The molecule has 0 N–H and O–H groups in total. The molecule has 15 heavy (non-hydrogen) atoms. The average Bonchev–Trinajstić information content (AvgIpc) is 2.43. The van der Waals surface area contributed by atoms with E-state index in [0.29, 0.717) is 10.8 Å². The fourth-order valence-electron chi connectivity index (χ4n) is 4.72. The fraction of sp³-hybridized carbons (Fsp3) is 1.00. The van der Waals surface area contributed by atoms with Crippen LogP contribution in [0.15, 0.2) is 0 Å². The summed E-state index contributed by atoms with van der Waals surface area (Å²) in [6.45, 7) is 14.9. The third-order valence-corrected chi connectivity index (χ3v) is 5.96. The van der Waals surface area contributed by atoms with E-state index in [-0.39, 0.29) is 0 Å². The molecule has 0 heteroatoms. The van der Waals surface area contributed by atoms with Crippen molar-refractivity contribution < 1.29 is 0 Å². The van der Waals surface area contributed by atoms with E-state index >= 15 is 0 Å². The van der Waals surface area contributed by atoms with Crippen molar-refractivity contribution in [3.05, 3.63) is 0 Å². The zero-order chi connectivity index (χ0) is 11.4. The molecule has 4 unspecified atom stereocenters. The van der Waals surface area contributed by atoms with Crippen molar-refractivity contribution in [2.75, 3.05) is 0 Å². The predicted octanol–water partition coefficient (Wildman–Crippen LogP) is 4.74. The molecule has 0 spiro atoms. The summed E-state index contributed by atoms with van der Waals surface area (Å²) in [6.07, 6.45) is 4.44. The summed E-state index contributed by atoms with van der Waals surface area (Å²) >= 11 is 0. The van der Waals surface area contributed by atoms with Crippen LogP contribution in [-0.4, -0.2) is 0 Å². The molecule has 0 aromatic heterocycles. The standard InChI is InChI=1S/C15H28/c1-10-7-12-9-14(3,4)11(2)15(5,6)13(12)8-10/h10-13H,7-9H2,1-6H3. The van der Waals surface area contributed by atoms with E-state index in [1.54, 1.807) is 0 Å². The van der Waals surface area contributed by atoms with E-state index in [2.05, 4.69) is 41.5 Å². The molecular weight excluding hydrogens is 180 g/mol. The Bertz CT molecular complexity index is 249. The van der Waals surface area contributed by atoms with E-state index < -0.39 is 0 Å². The molecule has 2 saturated carbocycles. The molecule has 2 fully saturated rings. The van der Waals surface area contributed by atoms with Gasteiger partial charge in [0, 0.05) is 0 Å². The zero-order valence-electron chi connectivity index (χ0n) is 11.4. The summed E-state index contributed by atoms with van der Waals surface area (Å²) in [4.78, 5) is 0. The van der Waals surface area contributed by atoms with Gasteiger partial charge < -0.3 is 0 Å². The maximum Gasteiger partial charge on any atom is -0.0292 e. The van der Waals surface area contributed by atoms with Crippen molar-refractivity contribution in [3.8, 4) is 0 Å². The molecule has 0 aromatic carbocycles. The predicted molar refractivity (Wildman–Crippen MR) is 66.7 cm³/mol. The topological polar surface area (TPSA) is 0 Å². The molecule has 2 rings (SSSR count). The average molecular weight is 208 g/mol. The third kappa shape index (κ3) is 1.65. The van der Waals surface area contributed by atoms with Gasteiger partial charge in [0.25, 0.3) is 0 Å². The summed E-state index contributed by atoms with van der Waals surface area (Å²) in [6, 6.07) is 0. The van der Waals surface area contributed by atoms with Gasteiger partial charge in [0.05, 0.1) is 0 Å². The summed E-state index contributed by atoms with van der Waals surface area (Å²) in [5.41, 5.74) is 1.10. The smallest absolute Gasteiger partial charge is 0.0292 e. The Balaban J connectivity index is 2.29. The van der Waals surface area contributed by atoms with Crippen LogP contribution in [0.25, 0.3) is 0 Å². The van der Waals surface area contributed by atoms with Gasteiger partial charge in [-0.3, -0.25) is 0 Å². The van der Waals surface area contributed by atoms with Gasteiger partial charge in [-0.25, -0.2) is 0 Å². The van der Waals surface area contributed by atoms with E-state index in [4.69, 9.17) is 0 Å². The largest absolute Gasteiger partial charge is 0.0625 e. The molecular formula is C15H28. The van der Waals surface area contributed by atoms with Crippen LogP contribution in [-0.2, 0) is 0 Å². The van der Waals surface area contributed by atoms with E-state index in [0.717, 1.165) is 23.7 Å². The van der Waals surface area contributed by atoms with Crippen LogP contribution in [0.5, 0.6) is 0 Å². The van der Waals surface area contributed by atoms with Crippen molar-refractivity contribution in [2.45, 2.75) is 60.8 Å². The van der Waals surface area contributed by atoms with Gasteiger partial charge in [-0.15, -0.1) is 0 Å². The third-order valence-electron chi connectivity index (χ3n) is 5.96. The summed E-state index contributed by atoms with van der Waals surface area (Å²) in [5.74, 6) is 3.84. The number of hydrogen-bond donors (Lipinski definition) is 0. The van der Waals surface area contributed by atoms with Crippen molar-refractivity contribution >= 4 is 0 Å². The molecule has 0 bridgehead atoms. The molecule has 4 atom stereocenters. The van der Waals surface area contributed by atoms with Crippen molar-refractivity contribution in [1.82, 2.24) is 0 Å². The first kappa shape index (κ1) is 11.5. The van der Waals surface area contributed by atoms with E-state index in [1.165, 1.54) is 19.3 Å². The van der Waals surface area contributed by atoms with Gasteiger partial charge in [-0.2, -0.15) is 0 Å². The van der Waals surface area contributed by atoms with Gasteiger partial charge in [0.15, 0.2) is 0 Å². The Labute approximate surface area is 95.8 Å². The van der Waals surface area contributed by atoms with Crippen LogP contribution >= 0.6 is 0 Å². The van der Waals surface area contributed by atoms with E-state index in [1.807, 2.05) is 0 Å². The maximum absolute atomic E-state index is 2.52. The second-order valence-corrected chi connectivity index (χ2v) is 7.68. The number of hydrogen-bond acceptors (Lipinski definition) is 0. The molecule has 0 radical (unpaired) electrons. The first-order valence-electron chi connectivity index (χ1n) is 6.75. The lowest BCUT2D eigenvalue weighted by atomic mass is 9.51. The minimum Gasteiger partial charge on any atom is -0.0625 e. The molecule has 0 aromatic rings. The summed E-state index contributed by atoms with van der Waals surface area (Å²) < 4.78 is 0. The fourth-order valence-corrected chi connectivity index (χ4v) is 4.72. The molecule has 0 heterocycles. The molecule has 0 amide bonds. The second-order valence-electron chi connectivity index (χ2n) is 7.68. The molecule has 88 valence electrons. The van der Waals surface area contributed by atoms with Crippen molar-refractivity contribution in [2.24, 2.45) is 34.5 Å². The normalized spacial score (nSPS) is 47.6. The van der Waals surface area contributed by atoms with Crippen LogP contribution in [0.1, 0.15) is 60.8 Å². The Morgan fingerprint density at radius 3 is 2.13 bits per heavy atom. The first-order chi connectivity index (χ1) is 6.75. The van der Waals surface area contributed by atoms with Crippen LogP contribution < -0.4 is 0 Å². The van der Waals surface area contributed by atoms with Gasteiger partial charge in [0.2, 0.25) is 0 Å². The van der Waals surface area contributed by atoms with Crippen LogP contribution in [0, 0.1) is 34.5 Å².